The average molecular weight is 816 g/mol. The predicted octanol–water partition coefficient (Wildman–Crippen LogP) is 15.8. The van der Waals surface area contributed by atoms with E-state index < -0.39 is 5.41 Å². The fourth-order valence-electron chi connectivity index (χ4n) is 12.5. The molecule has 2 nitrogen and oxygen atoms in total. The first kappa shape index (κ1) is 35.6. The minimum atomic E-state index is -0.572. The fraction of sp³-hybridized carbons (Fsp3) is 0.0645. The van der Waals surface area contributed by atoms with Gasteiger partial charge < -0.3 is 9.32 Å². The van der Waals surface area contributed by atoms with Gasteiger partial charge in [0, 0.05) is 27.8 Å². The van der Waals surface area contributed by atoms with Crippen LogP contribution in [0.5, 0.6) is 0 Å². The van der Waals surface area contributed by atoms with Crippen LogP contribution in [-0.4, -0.2) is 0 Å². The number of nitrogens with zero attached hydrogens (tertiary/aromatic N) is 1. The van der Waals surface area contributed by atoms with Crippen molar-refractivity contribution in [2.24, 2.45) is 5.92 Å². The number of allylic oxidation sites excluding steroid dienone is 4. The Kier molecular flexibility index (Phi) is 7.40. The Balaban J connectivity index is 1.05. The highest BCUT2D eigenvalue weighted by molar-refractivity contribution is 6.07. The Morgan fingerprint density at radius 2 is 1.02 bits per heavy atom. The monoisotopic (exact) mass is 815 g/mol. The Bertz CT molecular complexity index is 3610. The van der Waals surface area contributed by atoms with Crippen molar-refractivity contribution in [3.63, 3.8) is 0 Å². The summed E-state index contributed by atoms with van der Waals surface area (Å²) in [5.41, 5.74) is 21.5. The minimum Gasteiger partial charge on any atom is -0.456 e. The first-order valence-corrected chi connectivity index (χ1v) is 22.5. The van der Waals surface area contributed by atoms with Gasteiger partial charge in [-0.15, -0.1) is 0 Å². The highest BCUT2D eigenvalue weighted by Gasteiger charge is 2.61. The van der Waals surface area contributed by atoms with Crippen molar-refractivity contribution < 1.29 is 4.42 Å². The van der Waals surface area contributed by atoms with Crippen LogP contribution in [0.2, 0.25) is 0 Å². The van der Waals surface area contributed by atoms with E-state index in [-0.39, 0.29) is 11.3 Å². The van der Waals surface area contributed by atoms with Gasteiger partial charge in [0.15, 0.2) is 0 Å². The molecule has 4 aliphatic rings. The maximum atomic E-state index is 6.37. The van der Waals surface area contributed by atoms with Crippen molar-refractivity contribution in [2.45, 2.75) is 17.3 Å². The van der Waals surface area contributed by atoms with E-state index in [0.717, 1.165) is 45.4 Å². The zero-order valence-corrected chi connectivity index (χ0v) is 35.1. The summed E-state index contributed by atoms with van der Waals surface area (Å²) in [5.74, 6) is 0.255. The van der Waals surface area contributed by atoms with Crippen LogP contribution in [0.25, 0.3) is 55.3 Å². The molecule has 4 aliphatic carbocycles. The summed E-state index contributed by atoms with van der Waals surface area (Å²) in [6, 6.07) is 77.1. The maximum absolute atomic E-state index is 6.37. The lowest BCUT2D eigenvalue weighted by molar-refractivity contribution is 0.432. The molecule has 300 valence electrons. The van der Waals surface area contributed by atoms with Crippen LogP contribution in [0.1, 0.15) is 45.4 Å². The molecular weight excluding hydrogens is 775 g/mol. The lowest BCUT2D eigenvalue weighted by atomic mass is 9.50. The van der Waals surface area contributed by atoms with Crippen LogP contribution >= 0.6 is 0 Å². The van der Waals surface area contributed by atoms with Crippen molar-refractivity contribution >= 4 is 39.0 Å². The summed E-state index contributed by atoms with van der Waals surface area (Å²) in [7, 11) is 0. The van der Waals surface area contributed by atoms with E-state index >= 15 is 0 Å². The third kappa shape index (κ3) is 4.59. The van der Waals surface area contributed by atoms with Crippen molar-refractivity contribution in [1.82, 2.24) is 0 Å². The maximum Gasteiger partial charge on any atom is 0.135 e. The molecule has 0 aliphatic heterocycles. The number of furan rings is 1. The van der Waals surface area contributed by atoms with E-state index in [1.165, 1.54) is 72.3 Å². The van der Waals surface area contributed by atoms with Crippen LogP contribution in [0.3, 0.4) is 0 Å². The van der Waals surface area contributed by atoms with Gasteiger partial charge in [0.1, 0.15) is 11.2 Å². The third-order valence-corrected chi connectivity index (χ3v) is 14.9. The van der Waals surface area contributed by atoms with E-state index in [4.69, 9.17) is 4.42 Å². The van der Waals surface area contributed by atoms with Crippen molar-refractivity contribution in [3.05, 3.63) is 270 Å². The fourth-order valence-corrected chi connectivity index (χ4v) is 12.5. The molecule has 3 unspecified atom stereocenters. The zero-order chi connectivity index (χ0) is 42.0. The molecule has 0 fully saturated rings. The number of fused-ring (bicyclic) bond motifs is 15. The standard InChI is InChI=1S/C62H41NO/c1-3-16-40(17-4-1)41-30-32-43(33-31-41)63(44-35-37-59-51(38-44)49-22-9-14-29-58(49)64-59)45-34-36-48-46-20-7-11-25-53(46)62(57(48)39-45)55-27-13-12-26-54(55)61(42-18-5-2-6-19-42)52-24-10-8-21-47(52)50-23-15-28-56(62)60(50)61/h1-18,20-39,42H,19H2. The van der Waals surface area contributed by atoms with Gasteiger partial charge in [-0.2, -0.15) is 0 Å². The lowest BCUT2D eigenvalue weighted by Gasteiger charge is -2.51. The largest absolute Gasteiger partial charge is 0.456 e. The van der Waals surface area contributed by atoms with Gasteiger partial charge in [-0.05, 0) is 133 Å². The molecule has 0 radical (unpaired) electrons. The normalized spacial score (nSPS) is 19.3. The quantitative estimate of drug-likeness (QED) is 0.172. The van der Waals surface area contributed by atoms with Gasteiger partial charge in [-0.25, -0.2) is 0 Å². The summed E-state index contributed by atoms with van der Waals surface area (Å²) >= 11 is 0. The Labute approximate surface area is 372 Å². The molecular formula is C62H41NO. The van der Waals surface area contributed by atoms with E-state index in [1.54, 1.807) is 0 Å². The Morgan fingerprint density at radius 1 is 0.406 bits per heavy atom. The second-order valence-corrected chi connectivity index (χ2v) is 17.8. The summed E-state index contributed by atoms with van der Waals surface area (Å²) in [6.45, 7) is 0. The van der Waals surface area contributed by atoms with Crippen LogP contribution in [0.4, 0.5) is 17.1 Å². The number of hydrogen-bond acceptors (Lipinski definition) is 2. The third-order valence-electron chi connectivity index (χ3n) is 14.9. The molecule has 0 amide bonds. The molecule has 1 spiro atoms. The molecule has 0 bridgehead atoms. The lowest BCUT2D eigenvalue weighted by Crippen LogP contribution is -2.46. The van der Waals surface area contributed by atoms with Crippen LogP contribution < -0.4 is 4.90 Å². The molecule has 2 heteroatoms. The smallest absolute Gasteiger partial charge is 0.135 e. The van der Waals surface area contributed by atoms with Gasteiger partial charge in [-0.1, -0.05) is 182 Å². The van der Waals surface area contributed by atoms with Gasteiger partial charge in [0.2, 0.25) is 0 Å². The number of anilines is 3. The molecule has 10 aromatic rings. The Morgan fingerprint density at radius 3 is 1.84 bits per heavy atom. The predicted molar refractivity (Wildman–Crippen MR) is 263 cm³/mol. The topological polar surface area (TPSA) is 16.4 Å². The van der Waals surface area contributed by atoms with Gasteiger partial charge in [0.25, 0.3) is 0 Å². The minimum absolute atomic E-state index is 0.255. The zero-order valence-electron chi connectivity index (χ0n) is 35.1. The molecule has 1 aromatic heterocycles. The van der Waals surface area contributed by atoms with Crippen molar-refractivity contribution in [3.8, 4) is 33.4 Å². The highest BCUT2D eigenvalue weighted by Crippen LogP contribution is 2.69. The summed E-state index contributed by atoms with van der Waals surface area (Å²) < 4.78 is 6.37. The molecule has 9 aromatic carbocycles. The van der Waals surface area contributed by atoms with E-state index in [2.05, 4.69) is 229 Å². The second-order valence-electron chi connectivity index (χ2n) is 17.8. The number of para-hydroxylation sites is 1. The first-order chi connectivity index (χ1) is 31.7. The van der Waals surface area contributed by atoms with Gasteiger partial charge in [-0.3, -0.25) is 0 Å². The Hall–Kier alpha value is -7.94. The summed E-state index contributed by atoms with van der Waals surface area (Å²) in [5, 5.41) is 2.22. The van der Waals surface area contributed by atoms with Crippen LogP contribution in [-0.2, 0) is 10.8 Å². The van der Waals surface area contributed by atoms with Crippen molar-refractivity contribution in [2.75, 3.05) is 4.90 Å². The van der Waals surface area contributed by atoms with Crippen molar-refractivity contribution in [1.29, 1.82) is 0 Å². The number of hydrogen-bond donors (Lipinski definition) is 0. The molecule has 14 rings (SSSR count). The van der Waals surface area contributed by atoms with E-state index in [0.29, 0.717) is 0 Å². The summed E-state index contributed by atoms with van der Waals surface area (Å²) in [6.07, 6.45) is 10.3. The van der Waals surface area contributed by atoms with E-state index in [1.807, 2.05) is 6.07 Å². The SMILES string of the molecule is C1=CCC(C23c4ccccc4-c4cccc(c42)C2(c4ccccc4-c4ccc(N(c5ccc(-c6ccccc6)cc5)c5ccc6oc7ccccc7c6c5)cc42)c2ccccc23)C=C1. The molecule has 64 heavy (non-hydrogen) atoms. The second kappa shape index (κ2) is 13.3. The van der Waals surface area contributed by atoms with Gasteiger partial charge in [0.05, 0.1) is 10.8 Å². The molecule has 0 N–H and O–H groups in total. The average Bonchev–Trinajstić information content (AvgIpc) is 4.00. The van der Waals surface area contributed by atoms with Crippen LogP contribution in [0.15, 0.2) is 235 Å². The molecule has 3 atom stereocenters. The molecule has 1 heterocycles. The molecule has 0 saturated heterocycles. The molecule has 0 saturated carbocycles. The van der Waals surface area contributed by atoms with Gasteiger partial charge >= 0.3 is 0 Å². The summed E-state index contributed by atoms with van der Waals surface area (Å²) in [4.78, 5) is 2.44. The highest BCUT2D eigenvalue weighted by atomic mass is 16.3. The number of benzene rings is 9. The first-order valence-electron chi connectivity index (χ1n) is 22.5. The number of rotatable bonds is 5. The van der Waals surface area contributed by atoms with E-state index in [9.17, 15) is 0 Å². The van der Waals surface area contributed by atoms with Crippen LogP contribution in [0, 0.1) is 5.92 Å².